The number of nitrogens with one attached hydrogen (secondary N) is 1. The van der Waals surface area contributed by atoms with Crippen LogP contribution in [0.2, 0.25) is 5.15 Å². The minimum absolute atomic E-state index is 0.533. The quantitative estimate of drug-likeness (QED) is 0.895. The zero-order valence-electron chi connectivity index (χ0n) is 15.1. The molecule has 0 aromatic carbocycles. The third-order valence-electron chi connectivity index (χ3n) is 4.94. The first kappa shape index (κ1) is 17.5. The number of aromatic amines is 1. The van der Waals surface area contributed by atoms with Gasteiger partial charge in [0.2, 0.25) is 0 Å². The van der Waals surface area contributed by atoms with Gasteiger partial charge >= 0.3 is 0 Å². The Balaban J connectivity index is 1.72. The van der Waals surface area contributed by atoms with Gasteiger partial charge in [0.1, 0.15) is 5.15 Å². The Hall–Kier alpha value is -1.33. The average molecular weight is 350 g/mol. The molecule has 1 N–H and O–H groups in total. The third-order valence-corrected chi connectivity index (χ3v) is 5.42. The van der Waals surface area contributed by atoms with Gasteiger partial charge < -0.3 is 0 Å². The van der Waals surface area contributed by atoms with E-state index in [4.69, 9.17) is 11.6 Å². The third kappa shape index (κ3) is 3.67. The van der Waals surface area contributed by atoms with Gasteiger partial charge in [-0.05, 0) is 44.2 Å². The van der Waals surface area contributed by atoms with Gasteiger partial charge in [-0.1, -0.05) is 25.4 Å². The maximum atomic E-state index is 6.41. The van der Waals surface area contributed by atoms with Gasteiger partial charge in [-0.15, -0.1) is 0 Å². The molecule has 3 heterocycles. The maximum Gasteiger partial charge on any atom is 0.131 e. The molecule has 1 fully saturated rings. The number of halogens is 1. The number of rotatable bonds is 5. The van der Waals surface area contributed by atoms with Crippen LogP contribution in [-0.2, 0) is 20.0 Å². The molecule has 5 nitrogen and oxygen atoms in total. The molecular formula is C18H28ClN5. The monoisotopic (exact) mass is 349 g/mol. The van der Waals surface area contributed by atoms with Crippen LogP contribution >= 0.6 is 11.6 Å². The molecule has 2 aromatic rings. The molecule has 1 atom stereocenters. The van der Waals surface area contributed by atoms with Gasteiger partial charge in [-0.25, -0.2) is 0 Å². The number of hydrogen-bond donors (Lipinski definition) is 1. The molecule has 0 spiro atoms. The topological polar surface area (TPSA) is 49.7 Å². The van der Waals surface area contributed by atoms with Crippen LogP contribution in [0.5, 0.6) is 0 Å². The van der Waals surface area contributed by atoms with Crippen molar-refractivity contribution in [2.45, 2.75) is 52.5 Å². The van der Waals surface area contributed by atoms with E-state index in [1.807, 2.05) is 20.2 Å². The minimum atomic E-state index is 0.533. The molecule has 2 aromatic heterocycles. The molecule has 6 heteroatoms. The van der Waals surface area contributed by atoms with E-state index in [1.54, 1.807) is 4.68 Å². The highest BCUT2D eigenvalue weighted by molar-refractivity contribution is 6.30. The molecule has 132 valence electrons. The second kappa shape index (κ2) is 7.28. The van der Waals surface area contributed by atoms with E-state index in [1.165, 1.54) is 24.1 Å². The highest BCUT2D eigenvalue weighted by Crippen LogP contribution is 2.30. The van der Waals surface area contributed by atoms with E-state index in [0.717, 1.165) is 42.5 Å². The Morgan fingerprint density at radius 1 is 1.42 bits per heavy atom. The molecular weight excluding hydrogens is 322 g/mol. The van der Waals surface area contributed by atoms with Crippen LogP contribution in [0.4, 0.5) is 0 Å². The van der Waals surface area contributed by atoms with Gasteiger partial charge in [-0.2, -0.15) is 10.2 Å². The van der Waals surface area contributed by atoms with E-state index in [0.29, 0.717) is 11.8 Å². The zero-order chi connectivity index (χ0) is 17.3. The summed E-state index contributed by atoms with van der Waals surface area (Å²) in [7, 11) is 1.90. The lowest BCUT2D eigenvalue weighted by atomic mass is 9.90. The first-order valence-corrected chi connectivity index (χ1v) is 9.26. The maximum absolute atomic E-state index is 6.41. The van der Waals surface area contributed by atoms with Crippen LogP contribution in [0, 0.1) is 12.8 Å². The van der Waals surface area contributed by atoms with E-state index in [2.05, 4.69) is 34.0 Å². The number of H-pyrrole nitrogens is 1. The normalized spacial score (nSPS) is 19.3. The van der Waals surface area contributed by atoms with Gasteiger partial charge in [0.25, 0.3) is 0 Å². The van der Waals surface area contributed by atoms with Crippen LogP contribution in [0.15, 0.2) is 6.20 Å². The average Bonchev–Trinajstić information content (AvgIpc) is 3.07. The summed E-state index contributed by atoms with van der Waals surface area (Å²) in [5.74, 6) is 1.18. The van der Waals surface area contributed by atoms with E-state index < -0.39 is 0 Å². The van der Waals surface area contributed by atoms with Crippen LogP contribution in [-0.4, -0.2) is 38.0 Å². The van der Waals surface area contributed by atoms with Crippen molar-refractivity contribution in [3.8, 4) is 0 Å². The van der Waals surface area contributed by atoms with Crippen molar-refractivity contribution < 1.29 is 0 Å². The predicted octanol–water partition coefficient (Wildman–Crippen LogP) is 3.68. The molecule has 1 aliphatic rings. The number of hydrogen-bond acceptors (Lipinski definition) is 3. The van der Waals surface area contributed by atoms with Gasteiger partial charge in [0, 0.05) is 37.3 Å². The number of aromatic nitrogens is 4. The molecule has 3 rings (SSSR count). The minimum Gasteiger partial charge on any atom is -0.298 e. The standard InChI is InChI=1S/C18H28ClN5/c1-12(2)8-15-9-20-21-17(15)14-6-5-7-24(10-14)11-16-13(3)22-23(4)18(16)19/h9,12,14H,5-8,10-11H2,1-4H3,(H,20,21). The Morgan fingerprint density at radius 2 is 2.21 bits per heavy atom. The van der Waals surface area contributed by atoms with Crippen LogP contribution in [0.1, 0.15) is 55.1 Å². The number of nitrogens with zero attached hydrogens (tertiary/aromatic N) is 4. The highest BCUT2D eigenvalue weighted by atomic mass is 35.5. The van der Waals surface area contributed by atoms with Gasteiger partial charge in [0.15, 0.2) is 0 Å². The molecule has 1 saturated heterocycles. The first-order valence-electron chi connectivity index (χ1n) is 8.88. The van der Waals surface area contributed by atoms with Crippen molar-refractivity contribution in [3.63, 3.8) is 0 Å². The number of piperidine rings is 1. The van der Waals surface area contributed by atoms with Crippen LogP contribution in [0.3, 0.4) is 0 Å². The fourth-order valence-corrected chi connectivity index (χ4v) is 4.02. The smallest absolute Gasteiger partial charge is 0.131 e. The molecule has 0 saturated carbocycles. The van der Waals surface area contributed by atoms with Crippen LogP contribution in [0.25, 0.3) is 0 Å². The summed E-state index contributed by atoms with van der Waals surface area (Å²) in [6, 6.07) is 0. The van der Waals surface area contributed by atoms with E-state index >= 15 is 0 Å². The summed E-state index contributed by atoms with van der Waals surface area (Å²) in [6.07, 6.45) is 5.54. The summed E-state index contributed by atoms with van der Waals surface area (Å²) in [5, 5.41) is 12.8. The van der Waals surface area contributed by atoms with Crippen molar-refractivity contribution >= 4 is 11.6 Å². The predicted molar refractivity (Wildman–Crippen MR) is 97.3 cm³/mol. The van der Waals surface area contributed by atoms with Crippen LogP contribution < -0.4 is 0 Å². The van der Waals surface area contributed by atoms with Crippen molar-refractivity contribution in [3.05, 3.63) is 33.9 Å². The van der Waals surface area contributed by atoms with E-state index in [9.17, 15) is 0 Å². The Labute approximate surface area is 149 Å². The zero-order valence-corrected chi connectivity index (χ0v) is 15.9. The molecule has 0 bridgehead atoms. The van der Waals surface area contributed by atoms with E-state index in [-0.39, 0.29) is 0 Å². The summed E-state index contributed by atoms with van der Waals surface area (Å²) in [5.41, 5.74) is 4.91. The lowest BCUT2D eigenvalue weighted by Crippen LogP contribution is -2.34. The first-order chi connectivity index (χ1) is 11.5. The lowest BCUT2D eigenvalue weighted by molar-refractivity contribution is 0.197. The molecule has 0 aliphatic carbocycles. The summed E-state index contributed by atoms with van der Waals surface area (Å²) in [4.78, 5) is 2.50. The lowest BCUT2D eigenvalue weighted by Gasteiger charge is -2.32. The summed E-state index contributed by atoms with van der Waals surface area (Å²) in [6.45, 7) is 9.61. The Bertz CT molecular complexity index is 688. The second-order valence-corrected chi connectivity index (χ2v) is 7.82. The summed E-state index contributed by atoms with van der Waals surface area (Å²) >= 11 is 6.41. The van der Waals surface area contributed by atoms with Gasteiger partial charge in [-0.3, -0.25) is 14.7 Å². The Morgan fingerprint density at radius 3 is 2.88 bits per heavy atom. The van der Waals surface area contributed by atoms with Crippen molar-refractivity contribution in [1.29, 1.82) is 0 Å². The number of aryl methyl sites for hydroxylation is 2. The SMILES string of the molecule is Cc1nn(C)c(Cl)c1CN1CCCC(c2[nH]ncc2CC(C)C)C1. The molecule has 24 heavy (non-hydrogen) atoms. The summed E-state index contributed by atoms with van der Waals surface area (Å²) < 4.78 is 1.77. The number of likely N-dealkylation sites (tertiary alicyclic amines) is 1. The van der Waals surface area contributed by atoms with Crippen molar-refractivity contribution in [2.24, 2.45) is 13.0 Å². The van der Waals surface area contributed by atoms with Gasteiger partial charge in [0.05, 0.1) is 11.9 Å². The second-order valence-electron chi connectivity index (χ2n) is 7.46. The fourth-order valence-electron chi connectivity index (χ4n) is 3.79. The Kier molecular flexibility index (Phi) is 5.30. The fraction of sp³-hybridized carbons (Fsp3) is 0.667. The van der Waals surface area contributed by atoms with Crippen molar-refractivity contribution in [2.75, 3.05) is 13.1 Å². The molecule has 0 radical (unpaired) electrons. The molecule has 1 unspecified atom stereocenters. The molecule has 1 aliphatic heterocycles. The molecule has 0 amide bonds. The highest BCUT2D eigenvalue weighted by Gasteiger charge is 2.26. The van der Waals surface area contributed by atoms with Crippen molar-refractivity contribution in [1.82, 2.24) is 24.9 Å². The largest absolute Gasteiger partial charge is 0.298 e.